The van der Waals surface area contributed by atoms with Gasteiger partial charge in [0.1, 0.15) is 0 Å². The molecule has 0 saturated heterocycles. The SMILES string of the molecule is [CaH2].[PbH2].[SnH2].[Zr]. The number of rotatable bonds is 0. The molecule has 0 aliphatic rings. The first-order valence-corrected chi connectivity index (χ1v) is 0. The molecule has 4 radical (unpaired) electrons. The van der Waals surface area contributed by atoms with Gasteiger partial charge in [-0.1, -0.05) is 0 Å². The molecule has 0 atom stereocenters. The Morgan fingerprint density at radius 3 is 1.00 bits per heavy atom. The molecule has 4 heavy (non-hydrogen) atoms. The molecule has 0 aromatic carbocycles. The zero-order valence-electron chi connectivity index (χ0n) is 1.91. The van der Waals surface area contributed by atoms with E-state index in [1.165, 1.54) is 0 Å². The Hall–Kier alpha value is 3.86. The predicted molar refractivity (Wildman–Crippen MR) is 25.6 cm³/mol. The molecule has 0 aromatic heterocycles. The van der Waals surface area contributed by atoms with Gasteiger partial charge in [-0.2, -0.15) is 0 Å². The number of hydrogen-bond acceptors (Lipinski definition) is 0. The standard InChI is InChI=1S/Ca.Pb.Sn.Zr.6H. The Balaban J connectivity index is 0. The van der Waals surface area contributed by atoms with Crippen LogP contribution in [0.1, 0.15) is 0 Å². The molecule has 0 unspecified atom stereocenters. The van der Waals surface area contributed by atoms with Crippen LogP contribution >= 0.6 is 0 Å². The van der Waals surface area contributed by atoms with Crippen LogP contribution in [-0.2, 0) is 26.2 Å². The zero-order valence-corrected chi connectivity index (χ0v) is 13.9. The molecular weight excluding hydrogens is 457 g/mol. The summed E-state index contributed by atoms with van der Waals surface area (Å²) in [6.07, 6.45) is 0. The molecule has 0 aromatic rings. The molecule has 0 spiro atoms. The molecule has 0 rings (SSSR count). The third-order valence-corrected chi connectivity index (χ3v) is 0. The molecule has 0 bridgehead atoms. The van der Waals surface area contributed by atoms with Crippen molar-refractivity contribution in [3.05, 3.63) is 0 Å². The third-order valence-electron chi connectivity index (χ3n) is 0. The Morgan fingerprint density at radius 2 is 1.00 bits per heavy atom. The summed E-state index contributed by atoms with van der Waals surface area (Å²) in [5.41, 5.74) is 0. The molecule has 0 fully saturated rings. The molecule has 0 saturated carbocycles. The first kappa shape index (κ1) is 24.8. The summed E-state index contributed by atoms with van der Waals surface area (Å²) in [4.78, 5) is 0. The van der Waals surface area contributed by atoms with E-state index in [1.807, 2.05) is 0 Å². The summed E-state index contributed by atoms with van der Waals surface area (Å²) in [5, 5.41) is 0. The Kier molecular flexibility index (Phi) is 98.1. The fourth-order valence-electron chi connectivity index (χ4n) is 0. The van der Waals surface area contributed by atoms with Gasteiger partial charge in [-0.05, 0) is 0 Å². The van der Waals surface area contributed by atoms with Crippen molar-refractivity contribution in [3.8, 4) is 0 Å². The van der Waals surface area contributed by atoms with E-state index >= 15 is 0 Å². The predicted octanol–water partition coefficient (Wildman–Crippen LogP) is -2.75. The fourth-order valence-corrected chi connectivity index (χ4v) is 0. The zero-order chi connectivity index (χ0) is 0. The molecule has 0 heterocycles. The van der Waals surface area contributed by atoms with Gasteiger partial charge in [0.25, 0.3) is 0 Å². The summed E-state index contributed by atoms with van der Waals surface area (Å²) in [6, 6.07) is 0. The van der Waals surface area contributed by atoms with Gasteiger partial charge >= 0.3 is 88.9 Å². The van der Waals surface area contributed by atoms with Crippen LogP contribution in [0.15, 0.2) is 0 Å². The summed E-state index contributed by atoms with van der Waals surface area (Å²) in [6.45, 7) is 0. The van der Waals surface area contributed by atoms with Crippen LogP contribution in [0.2, 0.25) is 0 Å². The van der Waals surface area contributed by atoms with Crippen LogP contribution in [0.25, 0.3) is 0 Å². The van der Waals surface area contributed by atoms with Gasteiger partial charge in [-0.25, -0.2) is 0 Å². The minimum Gasteiger partial charge on any atom is 0 e. The van der Waals surface area contributed by atoms with Gasteiger partial charge in [-0.3, -0.25) is 0 Å². The monoisotopic (exact) mass is 464 g/mol. The van der Waals surface area contributed by atoms with E-state index < -0.39 is 0 Å². The van der Waals surface area contributed by atoms with Crippen molar-refractivity contribution in [1.29, 1.82) is 0 Å². The van der Waals surface area contributed by atoms with E-state index in [0.717, 1.165) is 0 Å². The van der Waals surface area contributed by atoms with Gasteiger partial charge in [0.05, 0.1) is 0 Å². The maximum atomic E-state index is 0. The van der Waals surface area contributed by atoms with E-state index in [4.69, 9.17) is 0 Å². The second kappa shape index (κ2) is 15.8. The van der Waals surface area contributed by atoms with Crippen molar-refractivity contribution in [3.63, 3.8) is 0 Å². The van der Waals surface area contributed by atoms with Crippen molar-refractivity contribution in [1.82, 2.24) is 0 Å². The topological polar surface area (TPSA) is 0 Å². The van der Waals surface area contributed by atoms with Crippen LogP contribution in [0, 0.1) is 0 Å². The third kappa shape index (κ3) is 9.29. The van der Waals surface area contributed by atoms with Crippen molar-refractivity contribution < 1.29 is 26.2 Å². The quantitative estimate of drug-likeness (QED) is 0.342. The molecule has 0 aliphatic carbocycles. The van der Waals surface area contributed by atoms with Gasteiger partial charge in [0, 0.05) is 26.2 Å². The maximum Gasteiger partial charge on any atom is 0 e. The summed E-state index contributed by atoms with van der Waals surface area (Å²) in [5.74, 6) is 0. The van der Waals surface area contributed by atoms with Crippen LogP contribution in [0.3, 0.4) is 0 Å². The van der Waals surface area contributed by atoms with Gasteiger partial charge in [0.15, 0.2) is 0 Å². The Bertz CT molecular complexity index is 8.00. The van der Waals surface area contributed by atoms with E-state index in [1.54, 1.807) is 0 Å². The van der Waals surface area contributed by atoms with Crippen molar-refractivity contribution in [2.45, 2.75) is 0 Å². The van der Waals surface area contributed by atoms with Crippen molar-refractivity contribution >= 4 is 88.9 Å². The summed E-state index contributed by atoms with van der Waals surface area (Å²) in [7, 11) is 0. The smallest absolute Gasteiger partial charge is 0 e. The van der Waals surface area contributed by atoms with Gasteiger partial charge < -0.3 is 0 Å². The molecule has 4 heteroatoms. The first-order valence-electron chi connectivity index (χ1n) is 0. The summed E-state index contributed by atoms with van der Waals surface area (Å²) < 4.78 is 0. The Labute approximate surface area is 112 Å². The molecular formula is H6CaPbSnZr. The first-order chi connectivity index (χ1) is 0. The molecule has 0 nitrogen and oxygen atoms in total. The summed E-state index contributed by atoms with van der Waals surface area (Å²) >= 11 is 0. The average molecular weight is 463 g/mol. The van der Waals surface area contributed by atoms with Gasteiger partial charge in [-0.15, -0.1) is 0 Å². The van der Waals surface area contributed by atoms with Gasteiger partial charge in [0.2, 0.25) is 0 Å². The molecule has 20 valence electrons. The minimum absolute atomic E-state index is 0. The van der Waals surface area contributed by atoms with Crippen molar-refractivity contribution in [2.24, 2.45) is 0 Å². The molecule has 0 amide bonds. The minimum atomic E-state index is 0. The number of hydrogen-bond donors (Lipinski definition) is 0. The van der Waals surface area contributed by atoms with Crippen LogP contribution in [0.4, 0.5) is 0 Å². The van der Waals surface area contributed by atoms with E-state index in [-0.39, 0.29) is 115 Å². The van der Waals surface area contributed by atoms with E-state index in [9.17, 15) is 0 Å². The average Bonchev–Trinajstić information content (AvgIpc) is 0. The van der Waals surface area contributed by atoms with Crippen molar-refractivity contribution in [2.75, 3.05) is 0 Å². The second-order valence-corrected chi connectivity index (χ2v) is 0. The fraction of sp³-hybridized carbons (Fsp3) is 0. The molecule has 0 aliphatic heterocycles. The van der Waals surface area contributed by atoms with Crippen LogP contribution in [0.5, 0.6) is 0 Å². The Morgan fingerprint density at radius 1 is 1.00 bits per heavy atom. The van der Waals surface area contributed by atoms with Crippen LogP contribution in [-0.4, -0.2) is 88.9 Å². The van der Waals surface area contributed by atoms with E-state index in [2.05, 4.69) is 0 Å². The largest absolute Gasteiger partial charge is 0 e. The second-order valence-electron chi connectivity index (χ2n) is 0. The maximum absolute atomic E-state index is 0. The van der Waals surface area contributed by atoms with Crippen LogP contribution < -0.4 is 0 Å². The normalized spacial score (nSPS) is 0. The molecule has 0 N–H and O–H groups in total. The van der Waals surface area contributed by atoms with E-state index in [0.29, 0.717) is 0 Å².